The molecule has 0 aliphatic carbocycles. The number of carbonyl (C=O) groups excluding carboxylic acids is 2. The maximum absolute atomic E-state index is 11.9. The van der Waals surface area contributed by atoms with Gasteiger partial charge in [0.05, 0.1) is 17.5 Å². The first-order chi connectivity index (χ1) is 9.58. The monoisotopic (exact) mass is 312 g/mol. The molecule has 0 spiro atoms. The predicted octanol–water partition coefficient (Wildman–Crippen LogP) is -2.00. The van der Waals surface area contributed by atoms with Crippen LogP contribution in [0.3, 0.4) is 0 Å². The second-order valence-electron chi connectivity index (χ2n) is 4.87. The van der Waals surface area contributed by atoms with E-state index < -0.39 is 5.97 Å². The molecule has 1 aromatic heterocycles. The van der Waals surface area contributed by atoms with Crippen LogP contribution in [0.4, 0.5) is 0 Å². The summed E-state index contributed by atoms with van der Waals surface area (Å²) >= 11 is 0. The number of carboxylic acid groups (broad SMARTS) is 1. The average Bonchev–Trinajstić information content (AvgIpc) is 2.72. The molecule has 21 heavy (non-hydrogen) atoms. The fourth-order valence-electron chi connectivity index (χ4n) is 2.21. The van der Waals surface area contributed by atoms with Gasteiger partial charge in [0.25, 0.3) is 0 Å². The van der Waals surface area contributed by atoms with Crippen LogP contribution in [0.15, 0.2) is 24.3 Å². The van der Waals surface area contributed by atoms with Crippen LogP contribution in [-0.2, 0) is 23.1 Å². The molecule has 2 aromatic rings. The summed E-state index contributed by atoms with van der Waals surface area (Å²) in [6.07, 6.45) is 1.75. The van der Waals surface area contributed by atoms with Crippen LogP contribution in [0.1, 0.15) is 31.5 Å². The smallest absolute Gasteiger partial charge is 0.550 e. The normalized spacial score (nSPS) is 10.3. The Bertz CT molecular complexity index is 637. The Morgan fingerprint density at radius 3 is 2.52 bits per heavy atom. The molecule has 0 aliphatic rings. The van der Waals surface area contributed by atoms with E-state index >= 15 is 0 Å². The van der Waals surface area contributed by atoms with Crippen molar-refractivity contribution in [2.24, 2.45) is 7.05 Å². The second kappa shape index (κ2) is 8.80. The van der Waals surface area contributed by atoms with Gasteiger partial charge in [0.15, 0.2) is 0 Å². The molecule has 0 saturated heterocycles. The van der Waals surface area contributed by atoms with Crippen molar-refractivity contribution in [2.45, 2.75) is 32.1 Å². The molecule has 0 radical (unpaired) electrons. The number of hydrogen-bond acceptors (Lipinski definition) is 4. The molecular weight excluding hydrogens is 295 g/mol. The Balaban J connectivity index is 0.00000220. The number of nitrogens with zero attached hydrogens (tertiary/aromatic N) is 2. The molecule has 1 aromatic carbocycles. The summed E-state index contributed by atoms with van der Waals surface area (Å²) in [5.41, 5.74) is 1.89. The van der Waals surface area contributed by atoms with Crippen molar-refractivity contribution >= 4 is 22.8 Å². The number of rotatable bonds is 7. The number of carboxylic acids is 1. The zero-order valence-corrected chi connectivity index (χ0v) is 15.6. The number of aromatic nitrogens is 2. The Morgan fingerprint density at radius 2 is 1.86 bits per heavy atom. The summed E-state index contributed by atoms with van der Waals surface area (Å²) in [4.78, 5) is 26.6. The van der Waals surface area contributed by atoms with E-state index in [0.717, 1.165) is 16.9 Å². The third-order valence-corrected chi connectivity index (χ3v) is 3.32. The number of imidazole rings is 1. The van der Waals surface area contributed by atoms with Crippen molar-refractivity contribution < 1.29 is 66.1 Å². The molecule has 0 aliphatic heterocycles. The number of aryl methyl sites for hydroxylation is 1. The van der Waals surface area contributed by atoms with E-state index in [2.05, 4.69) is 4.98 Å². The van der Waals surface area contributed by atoms with Gasteiger partial charge in [-0.15, -0.1) is 0 Å². The van der Waals surface area contributed by atoms with Gasteiger partial charge in [-0.1, -0.05) is 12.1 Å². The molecule has 0 fully saturated rings. The number of Topliss-reactive ketones (excluding diaryl/α,β-unsaturated/α-hetero) is 1. The molecule has 2 rings (SSSR count). The van der Waals surface area contributed by atoms with Gasteiger partial charge < -0.3 is 14.5 Å². The van der Waals surface area contributed by atoms with Gasteiger partial charge in [-0.3, -0.25) is 4.79 Å². The third kappa shape index (κ3) is 5.30. The van der Waals surface area contributed by atoms with Gasteiger partial charge >= 0.3 is 51.4 Å². The van der Waals surface area contributed by atoms with Crippen molar-refractivity contribution in [1.82, 2.24) is 9.55 Å². The SMILES string of the molecule is Cn1c(CC(=O)CCCCC(=O)[O-])nc2ccccc21.[K+]. The largest absolute Gasteiger partial charge is 1.00 e. The Hall–Kier alpha value is -0.534. The molecule has 0 bridgehead atoms. The Kier molecular flexibility index (Phi) is 7.76. The molecule has 0 atom stereocenters. The van der Waals surface area contributed by atoms with Crippen LogP contribution >= 0.6 is 0 Å². The average molecular weight is 312 g/mol. The van der Waals surface area contributed by atoms with Gasteiger partial charge in [-0.05, 0) is 31.4 Å². The van der Waals surface area contributed by atoms with Crippen LogP contribution in [0.2, 0.25) is 0 Å². The number of hydrogen-bond donors (Lipinski definition) is 0. The van der Waals surface area contributed by atoms with E-state index in [1.807, 2.05) is 35.9 Å². The molecule has 1 heterocycles. The minimum absolute atomic E-state index is 0. The molecule has 106 valence electrons. The van der Waals surface area contributed by atoms with E-state index in [1.54, 1.807) is 0 Å². The Morgan fingerprint density at radius 1 is 1.19 bits per heavy atom. The van der Waals surface area contributed by atoms with E-state index in [0.29, 0.717) is 19.3 Å². The van der Waals surface area contributed by atoms with Crippen LogP contribution in [0, 0.1) is 0 Å². The van der Waals surface area contributed by atoms with Crippen molar-refractivity contribution in [1.29, 1.82) is 0 Å². The first-order valence-corrected chi connectivity index (χ1v) is 6.70. The fourth-order valence-corrected chi connectivity index (χ4v) is 2.21. The van der Waals surface area contributed by atoms with Gasteiger partial charge in [0.1, 0.15) is 11.6 Å². The minimum Gasteiger partial charge on any atom is -0.550 e. The predicted molar refractivity (Wildman–Crippen MR) is 72.9 cm³/mol. The van der Waals surface area contributed by atoms with Crippen molar-refractivity contribution in [3.63, 3.8) is 0 Å². The third-order valence-electron chi connectivity index (χ3n) is 3.32. The molecule has 0 saturated carbocycles. The standard InChI is InChI=1S/C15H18N2O3.K/c1-17-13-8-4-3-7-12(13)16-14(17)10-11(18)6-2-5-9-15(19)20;/h3-4,7-8H,2,5-6,9-10H2,1H3,(H,19,20);/q;+1/p-1. The molecule has 0 amide bonds. The summed E-state index contributed by atoms with van der Waals surface area (Å²) in [6, 6.07) is 7.75. The van der Waals surface area contributed by atoms with Crippen LogP contribution in [0.25, 0.3) is 11.0 Å². The number of ketones is 1. The maximum atomic E-state index is 11.9. The van der Waals surface area contributed by atoms with Gasteiger partial charge in [-0.25, -0.2) is 4.98 Å². The second-order valence-corrected chi connectivity index (χ2v) is 4.87. The quantitative estimate of drug-likeness (QED) is 0.438. The number of unbranched alkanes of at least 4 members (excludes halogenated alkanes) is 1. The van der Waals surface area contributed by atoms with E-state index in [1.165, 1.54) is 0 Å². The van der Waals surface area contributed by atoms with E-state index in [4.69, 9.17) is 0 Å². The van der Waals surface area contributed by atoms with Crippen LogP contribution < -0.4 is 56.5 Å². The van der Waals surface area contributed by atoms with Crippen LogP contribution in [0.5, 0.6) is 0 Å². The number of aliphatic carboxylic acids is 1. The first kappa shape index (κ1) is 18.5. The van der Waals surface area contributed by atoms with Crippen molar-refractivity contribution in [2.75, 3.05) is 0 Å². The van der Waals surface area contributed by atoms with E-state index in [9.17, 15) is 14.7 Å². The molecule has 0 unspecified atom stereocenters. The van der Waals surface area contributed by atoms with Gasteiger partial charge in [0, 0.05) is 19.4 Å². The minimum atomic E-state index is -1.06. The van der Waals surface area contributed by atoms with E-state index in [-0.39, 0.29) is 70.0 Å². The summed E-state index contributed by atoms with van der Waals surface area (Å²) in [7, 11) is 1.90. The molecule has 6 heteroatoms. The van der Waals surface area contributed by atoms with Gasteiger partial charge in [0.2, 0.25) is 0 Å². The summed E-state index contributed by atoms with van der Waals surface area (Å²) in [5.74, 6) is -0.231. The zero-order valence-electron chi connectivity index (χ0n) is 12.5. The summed E-state index contributed by atoms with van der Waals surface area (Å²) < 4.78 is 1.93. The topological polar surface area (TPSA) is 75.0 Å². The first-order valence-electron chi connectivity index (χ1n) is 6.70. The number of para-hydroxylation sites is 2. The fraction of sp³-hybridized carbons (Fsp3) is 0.400. The number of benzene rings is 1. The summed E-state index contributed by atoms with van der Waals surface area (Å²) in [6.45, 7) is 0. The molecule has 5 nitrogen and oxygen atoms in total. The van der Waals surface area contributed by atoms with Crippen molar-refractivity contribution in [3.8, 4) is 0 Å². The number of carbonyl (C=O) groups is 2. The number of fused-ring (bicyclic) bond motifs is 1. The summed E-state index contributed by atoms with van der Waals surface area (Å²) in [5, 5.41) is 10.3. The van der Waals surface area contributed by atoms with Crippen molar-refractivity contribution in [3.05, 3.63) is 30.1 Å². The maximum Gasteiger partial charge on any atom is 1.00 e. The van der Waals surface area contributed by atoms with Crippen LogP contribution in [-0.4, -0.2) is 21.3 Å². The molecular formula is C15H17KN2O3. The zero-order chi connectivity index (χ0) is 14.5. The Labute approximate surface area is 166 Å². The van der Waals surface area contributed by atoms with Gasteiger partial charge in [-0.2, -0.15) is 0 Å². The molecule has 0 N–H and O–H groups in total.